The van der Waals surface area contributed by atoms with E-state index in [2.05, 4.69) is 29.1 Å². The number of aromatic nitrogens is 1. The molecule has 0 unspecified atom stereocenters. The molecule has 31 heavy (non-hydrogen) atoms. The Morgan fingerprint density at radius 1 is 1.03 bits per heavy atom. The van der Waals surface area contributed by atoms with Crippen molar-refractivity contribution in [1.29, 1.82) is 0 Å². The van der Waals surface area contributed by atoms with Gasteiger partial charge in [0.1, 0.15) is 0 Å². The summed E-state index contributed by atoms with van der Waals surface area (Å²) in [6, 6.07) is 8.08. The molecule has 1 aromatic heterocycles. The number of methoxy groups -OCH3 is 2. The molecule has 1 aliphatic heterocycles. The Labute approximate surface area is 197 Å². The van der Waals surface area contributed by atoms with E-state index in [-0.39, 0.29) is 30.7 Å². The zero-order chi connectivity index (χ0) is 20.6. The van der Waals surface area contributed by atoms with Crippen molar-refractivity contribution in [3.63, 3.8) is 0 Å². The summed E-state index contributed by atoms with van der Waals surface area (Å²) in [7, 11) is 5.41. The third-order valence-electron chi connectivity index (χ3n) is 5.55. The number of rotatable bonds is 9. The lowest BCUT2D eigenvalue weighted by Crippen LogP contribution is -2.35. The van der Waals surface area contributed by atoms with Gasteiger partial charge in [0, 0.05) is 32.0 Å². The summed E-state index contributed by atoms with van der Waals surface area (Å²) in [6.07, 6.45) is 6.93. The number of amides is 1. The summed E-state index contributed by atoms with van der Waals surface area (Å²) < 4.78 is 10.8. The summed E-state index contributed by atoms with van der Waals surface area (Å²) in [5, 5.41) is 0. The van der Waals surface area contributed by atoms with E-state index in [1.54, 1.807) is 14.2 Å². The second-order valence-corrected chi connectivity index (χ2v) is 7.55. The Hall–Kier alpha value is -2.02. The van der Waals surface area contributed by atoms with Crippen LogP contribution < -0.4 is 9.47 Å². The smallest absolute Gasteiger partial charge is 0.227 e. The maximum Gasteiger partial charge on any atom is 0.227 e. The molecule has 1 amide bonds. The highest BCUT2D eigenvalue weighted by atomic mass is 35.5. The molecule has 172 valence electrons. The van der Waals surface area contributed by atoms with E-state index in [1.165, 1.54) is 11.1 Å². The van der Waals surface area contributed by atoms with Gasteiger partial charge in [0.2, 0.25) is 5.91 Å². The molecule has 6 nitrogen and oxygen atoms in total. The van der Waals surface area contributed by atoms with Gasteiger partial charge in [-0.05, 0) is 73.8 Å². The minimum absolute atomic E-state index is 0. The highest BCUT2D eigenvalue weighted by Gasteiger charge is 2.22. The van der Waals surface area contributed by atoms with Gasteiger partial charge >= 0.3 is 0 Å². The fraction of sp³-hybridized carbons (Fsp3) is 0.478. The molecular formula is C23H33Cl2N3O3. The van der Waals surface area contributed by atoms with E-state index in [0.717, 1.165) is 56.8 Å². The van der Waals surface area contributed by atoms with Gasteiger partial charge in [0.25, 0.3) is 0 Å². The van der Waals surface area contributed by atoms with Gasteiger partial charge in [-0.25, -0.2) is 0 Å². The van der Waals surface area contributed by atoms with Gasteiger partial charge in [-0.15, -0.1) is 24.8 Å². The minimum Gasteiger partial charge on any atom is -0.493 e. The van der Waals surface area contributed by atoms with Crippen molar-refractivity contribution in [2.75, 3.05) is 47.4 Å². The van der Waals surface area contributed by atoms with Crippen LogP contribution in [0.25, 0.3) is 0 Å². The van der Waals surface area contributed by atoms with Crippen LogP contribution in [0.1, 0.15) is 23.1 Å². The highest BCUT2D eigenvalue weighted by molar-refractivity contribution is 5.85. The molecule has 1 aromatic carbocycles. The number of benzene rings is 1. The van der Waals surface area contributed by atoms with Crippen LogP contribution in [0.2, 0.25) is 0 Å². The molecule has 0 saturated carbocycles. The monoisotopic (exact) mass is 469 g/mol. The first-order valence-corrected chi connectivity index (χ1v) is 10.2. The summed E-state index contributed by atoms with van der Waals surface area (Å²) in [4.78, 5) is 21.1. The van der Waals surface area contributed by atoms with E-state index in [9.17, 15) is 4.79 Å². The second kappa shape index (κ2) is 13.4. The van der Waals surface area contributed by atoms with Crippen LogP contribution in [0.5, 0.6) is 11.5 Å². The molecule has 0 fully saturated rings. The third kappa shape index (κ3) is 7.56. The van der Waals surface area contributed by atoms with E-state index < -0.39 is 0 Å². The predicted molar refractivity (Wildman–Crippen MR) is 128 cm³/mol. The zero-order valence-corrected chi connectivity index (χ0v) is 20.1. The average Bonchev–Trinajstić information content (AvgIpc) is 2.90. The van der Waals surface area contributed by atoms with Crippen LogP contribution >= 0.6 is 24.8 Å². The normalized spacial score (nSPS) is 13.0. The van der Waals surface area contributed by atoms with Gasteiger partial charge in [-0.3, -0.25) is 9.78 Å². The SMILES string of the molecule is COc1cc2c(cc1OC)CC(=O)N(CCCN(C)CCc1ccncc1)CC2.Cl.Cl. The van der Waals surface area contributed by atoms with Gasteiger partial charge in [-0.2, -0.15) is 0 Å². The van der Waals surface area contributed by atoms with Crippen LogP contribution in [0.3, 0.4) is 0 Å². The number of nitrogens with zero attached hydrogens (tertiary/aromatic N) is 3. The Morgan fingerprint density at radius 2 is 1.68 bits per heavy atom. The predicted octanol–water partition coefficient (Wildman–Crippen LogP) is 3.43. The lowest BCUT2D eigenvalue weighted by molar-refractivity contribution is -0.130. The number of hydrogen-bond acceptors (Lipinski definition) is 5. The van der Waals surface area contributed by atoms with Gasteiger partial charge < -0.3 is 19.3 Å². The Morgan fingerprint density at radius 3 is 2.32 bits per heavy atom. The Bertz CT molecular complexity index is 821. The summed E-state index contributed by atoms with van der Waals surface area (Å²) in [5.41, 5.74) is 3.52. The van der Waals surface area contributed by atoms with Crippen LogP contribution in [0, 0.1) is 0 Å². The van der Waals surface area contributed by atoms with Crippen molar-refractivity contribution >= 4 is 30.7 Å². The molecule has 0 atom stereocenters. The van der Waals surface area contributed by atoms with E-state index in [4.69, 9.17) is 9.47 Å². The zero-order valence-electron chi connectivity index (χ0n) is 18.5. The van der Waals surface area contributed by atoms with Crippen LogP contribution in [0.15, 0.2) is 36.7 Å². The fourth-order valence-corrected chi connectivity index (χ4v) is 3.76. The quantitative estimate of drug-likeness (QED) is 0.562. The maximum atomic E-state index is 12.8. The van der Waals surface area contributed by atoms with Crippen molar-refractivity contribution in [1.82, 2.24) is 14.8 Å². The van der Waals surface area contributed by atoms with Crippen LogP contribution in [-0.2, 0) is 24.1 Å². The molecule has 0 radical (unpaired) electrons. The van der Waals surface area contributed by atoms with Crippen molar-refractivity contribution < 1.29 is 14.3 Å². The van der Waals surface area contributed by atoms with E-state index >= 15 is 0 Å². The molecule has 0 aliphatic carbocycles. The third-order valence-corrected chi connectivity index (χ3v) is 5.55. The number of hydrogen-bond donors (Lipinski definition) is 0. The molecule has 3 rings (SSSR count). The van der Waals surface area contributed by atoms with Crippen molar-refractivity contribution in [2.24, 2.45) is 0 Å². The summed E-state index contributed by atoms with van der Waals surface area (Å²) in [5.74, 6) is 1.60. The molecule has 1 aliphatic rings. The molecule has 2 aromatic rings. The highest BCUT2D eigenvalue weighted by Crippen LogP contribution is 2.32. The molecule has 0 spiro atoms. The van der Waals surface area contributed by atoms with Crippen LogP contribution in [-0.4, -0.2) is 68.1 Å². The Kier molecular flexibility index (Phi) is 11.7. The summed E-state index contributed by atoms with van der Waals surface area (Å²) in [6.45, 7) is 3.52. The van der Waals surface area contributed by atoms with E-state index in [0.29, 0.717) is 12.2 Å². The molecule has 8 heteroatoms. The molecule has 2 heterocycles. The largest absolute Gasteiger partial charge is 0.493 e. The standard InChI is InChI=1S/C23H31N3O3.2ClH/c1-25(13-7-18-5-9-24-10-6-18)11-4-12-26-14-8-19-15-21(28-2)22(29-3)16-20(19)17-23(26)27;;/h5-6,9-10,15-16H,4,7-8,11-14,17H2,1-3H3;2*1H. The number of halogens is 2. The van der Waals surface area contributed by atoms with Crippen molar-refractivity contribution in [2.45, 2.75) is 25.7 Å². The number of ether oxygens (including phenoxy) is 2. The van der Waals surface area contributed by atoms with Crippen LogP contribution in [0.4, 0.5) is 0 Å². The fourth-order valence-electron chi connectivity index (χ4n) is 3.76. The minimum atomic E-state index is 0. The average molecular weight is 470 g/mol. The molecule has 0 N–H and O–H groups in total. The Balaban J connectivity index is 0.00000240. The first kappa shape index (κ1) is 27.0. The molecular weight excluding hydrogens is 437 g/mol. The van der Waals surface area contributed by atoms with Gasteiger partial charge in [0.15, 0.2) is 11.5 Å². The summed E-state index contributed by atoms with van der Waals surface area (Å²) >= 11 is 0. The topological polar surface area (TPSA) is 54.9 Å². The van der Waals surface area contributed by atoms with E-state index in [1.807, 2.05) is 29.4 Å². The molecule has 0 saturated heterocycles. The van der Waals surface area contributed by atoms with Crippen molar-refractivity contribution in [3.8, 4) is 11.5 Å². The first-order chi connectivity index (χ1) is 14.1. The number of carbonyl (C=O) groups excluding carboxylic acids is 1. The second-order valence-electron chi connectivity index (χ2n) is 7.55. The first-order valence-electron chi connectivity index (χ1n) is 10.2. The lowest BCUT2D eigenvalue weighted by atomic mass is 10.0. The number of pyridine rings is 1. The lowest BCUT2D eigenvalue weighted by Gasteiger charge is -2.22. The number of likely N-dealkylation sites (N-methyl/N-ethyl adjacent to an activating group) is 1. The van der Waals surface area contributed by atoms with Crippen molar-refractivity contribution in [3.05, 3.63) is 53.3 Å². The maximum absolute atomic E-state index is 12.8. The van der Waals surface area contributed by atoms with Gasteiger partial charge in [0.05, 0.1) is 20.6 Å². The number of fused-ring (bicyclic) bond motifs is 1. The number of carbonyl (C=O) groups is 1. The molecule has 0 bridgehead atoms. The van der Waals surface area contributed by atoms with Gasteiger partial charge in [-0.1, -0.05) is 0 Å².